The van der Waals surface area contributed by atoms with E-state index < -0.39 is 17.2 Å². The second kappa shape index (κ2) is 6.49. The van der Waals surface area contributed by atoms with Crippen LogP contribution in [0.3, 0.4) is 0 Å². The molecule has 0 spiro atoms. The Labute approximate surface area is 103 Å². The van der Waals surface area contributed by atoms with E-state index in [0.29, 0.717) is 19.0 Å². The molecule has 3 nitrogen and oxygen atoms in total. The van der Waals surface area contributed by atoms with Crippen molar-refractivity contribution in [2.24, 2.45) is 5.92 Å². The van der Waals surface area contributed by atoms with Crippen molar-refractivity contribution in [2.45, 2.75) is 18.3 Å². The lowest BCUT2D eigenvalue weighted by atomic mass is 9.98. The molecule has 1 N–H and O–H groups in total. The Morgan fingerprint density at radius 2 is 2.24 bits per heavy atom. The lowest BCUT2D eigenvalue weighted by Crippen LogP contribution is -2.43. The summed E-state index contributed by atoms with van der Waals surface area (Å²) in [6.07, 6.45) is 1.89. The number of alkyl halides is 3. The Balaban J connectivity index is 2.36. The molecule has 0 aromatic carbocycles. The van der Waals surface area contributed by atoms with Crippen molar-refractivity contribution >= 4 is 17.7 Å². The van der Waals surface area contributed by atoms with Crippen LogP contribution in [0.4, 0.5) is 13.2 Å². The molecule has 0 radical (unpaired) electrons. The predicted molar refractivity (Wildman–Crippen MR) is 61.7 cm³/mol. The maximum Gasteiger partial charge on any atom is 0.442 e. The summed E-state index contributed by atoms with van der Waals surface area (Å²) in [5.41, 5.74) is -4.32. The van der Waals surface area contributed by atoms with Crippen LogP contribution >= 0.6 is 11.8 Å². The smallest absolute Gasteiger partial charge is 0.342 e. The minimum absolute atomic E-state index is 0.257. The molecule has 0 bridgehead atoms. The average molecular weight is 270 g/mol. The summed E-state index contributed by atoms with van der Waals surface area (Å²) in [5, 5.41) is 3.03. The number of hydrogen-bond acceptors (Lipinski definition) is 3. The van der Waals surface area contributed by atoms with Gasteiger partial charge in [0.1, 0.15) is 0 Å². The van der Waals surface area contributed by atoms with E-state index in [9.17, 15) is 18.0 Å². The topological polar surface area (TPSA) is 32.3 Å². The maximum absolute atomic E-state index is 12.0. The van der Waals surface area contributed by atoms with Crippen LogP contribution in [-0.2, 0) is 4.79 Å². The third kappa shape index (κ3) is 5.63. The highest BCUT2D eigenvalue weighted by Gasteiger charge is 2.31. The number of piperidine rings is 1. The Hall–Kier alpha value is -0.430. The highest BCUT2D eigenvalue weighted by atomic mass is 32.2. The van der Waals surface area contributed by atoms with Gasteiger partial charge in [0.05, 0.1) is 5.75 Å². The van der Waals surface area contributed by atoms with E-state index in [1.54, 1.807) is 4.90 Å². The summed E-state index contributed by atoms with van der Waals surface area (Å²) in [6.45, 7) is 1.95. The summed E-state index contributed by atoms with van der Waals surface area (Å²) in [6, 6.07) is 0. The number of nitrogens with zero attached hydrogens (tertiary/aromatic N) is 1. The van der Waals surface area contributed by atoms with Crippen molar-refractivity contribution < 1.29 is 18.0 Å². The normalized spacial score (nSPS) is 21.6. The summed E-state index contributed by atoms with van der Waals surface area (Å²) >= 11 is -0.257. The van der Waals surface area contributed by atoms with Gasteiger partial charge in [0, 0.05) is 13.1 Å². The van der Waals surface area contributed by atoms with Gasteiger partial charge in [0.15, 0.2) is 0 Å². The van der Waals surface area contributed by atoms with E-state index in [4.69, 9.17) is 0 Å². The maximum atomic E-state index is 12.0. The van der Waals surface area contributed by atoms with E-state index in [2.05, 4.69) is 5.32 Å². The van der Waals surface area contributed by atoms with Crippen LogP contribution in [0.25, 0.3) is 0 Å². The molecule has 1 aliphatic heterocycles. The van der Waals surface area contributed by atoms with Gasteiger partial charge in [-0.05, 0) is 44.1 Å². The molecular weight excluding hydrogens is 253 g/mol. The van der Waals surface area contributed by atoms with E-state index in [1.807, 2.05) is 7.05 Å². The summed E-state index contributed by atoms with van der Waals surface area (Å²) in [4.78, 5) is 13.1. The minimum Gasteiger partial charge on any atom is -0.342 e. The molecule has 17 heavy (non-hydrogen) atoms. The average Bonchev–Trinajstić information content (AvgIpc) is 2.26. The molecular formula is C10H17F3N2OS. The van der Waals surface area contributed by atoms with Crippen LogP contribution in [0, 0.1) is 5.92 Å². The van der Waals surface area contributed by atoms with Gasteiger partial charge < -0.3 is 10.2 Å². The molecule has 1 atom stereocenters. The molecule has 0 aromatic rings. The van der Waals surface area contributed by atoms with Crippen LogP contribution in [0.5, 0.6) is 0 Å². The highest BCUT2D eigenvalue weighted by molar-refractivity contribution is 8.00. The van der Waals surface area contributed by atoms with Crippen molar-refractivity contribution in [1.29, 1.82) is 0 Å². The molecule has 1 aliphatic rings. The Bertz CT molecular complexity index is 258. The number of carbonyl (C=O) groups is 1. The number of carbonyl (C=O) groups excluding carboxylic acids is 1. The molecule has 0 aromatic heterocycles. The van der Waals surface area contributed by atoms with E-state index in [0.717, 1.165) is 19.4 Å². The van der Waals surface area contributed by atoms with E-state index in [-0.39, 0.29) is 11.8 Å². The lowest BCUT2D eigenvalue weighted by molar-refractivity contribution is -0.130. The zero-order chi connectivity index (χ0) is 12.9. The predicted octanol–water partition coefficient (Wildman–Crippen LogP) is 1.70. The summed E-state index contributed by atoms with van der Waals surface area (Å²) in [7, 11) is 1.83. The number of halogens is 3. The molecule has 1 saturated heterocycles. The molecule has 1 unspecified atom stereocenters. The Kier molecular flexibility index (Phi) is 5.58. The van der Waals surface area contributed by atoms with Crippen LogP contribution in [-0.4, -0.2) is 48.8 Å². The van der Waals surface area contributed by atoms with Gasteiger partial charge in [-0.2, -0.15) is 13.2 Å². The van der Waals surface area contributed by atoms with Gasteiger partial charge >= 0.3 is 5.51 Å². The zero-order valence-corrected chi connectivity index (χ0v) is 10.5. The number of thioether (sulfide) groups is 1. The van der Waals surface area contributed by atoms with Gasteiger partial charge in [-0.1, -0.05) is 0 Å². The molecule has 100 valence electrons. The largest absolute Gasteiger partial charge is 0.442 e. The van der Waals surface area contributed by atoms with Gasteiger partial charge in [-0.25, -0.2) is 0 Å². The minimum atomic E-state index is -4.32. The molecule has 1 heterocycles. The number of likely N-dealkylation sites (tertiary alicyclic amines) is 1. The van der Waals surface area contributed by atoms with Crippen molar-refractivity contribution in [1.82, 2.24) is 10.2 Å². The molecule has 1 fully saturated rings. The number of nitrogens with one attached hydrogen (secondary N) is 1. The fourth-order valence-electron chi connectivity index (χ4n) is 1.98. The second-order valence-electron chi connectivity index (χ2n) is 4.14. The van der Waals surface area contributed by atoms with Crippen molar-refractivity contribution in [3.8, 4) is 0 Å². The Morgan fingerprint density at radius 3 is 2.82 bits per heavy atom. The number of hydrogen-bond donors (Lipinski definition) is 1. The zero-order valence-electron chi connectivity index (χ0n) is 9.72. The van der Waals surface area contributed by atoms with Crippen LogP contribution in [0.1, 0.15) is 12.8 Å². The van der Waals surface area contributed by atoms with Gasteiger partial charge in [-0.3, -0.25) is 4.79 Å². The SMILES string of the molecule is CNCC1CCCN(C(=O)CSC(F)(F)F)C1. The first-order valence-electron chi connectivity index (χ1n) is 5.55. The second-order valence-corrected chi connectivity index (χ2v) is 5.18. The molecule has 7 heteroatoms. The van der Waals surface area contributed by atoms with E-state index in [1.165, 1.54) is 0 Å². The summed E-state index contributed by atoms with van der Waals surface area (Å²) in [5.74, 6) is -0.558. The first-order valence-corrected chi connectivity index (χ1v) is 6.54. The van der Waals surface area contributed by atoms with Gasteiger partial charge in [0.25, 0.3) is 0 Å². The standard InChI is InChI=1S/C10H17F3N2OS/c1-14-5-8-3-2-4-15(6-8)9(16)7-17-10(11,12)13/h8,14H,2-7H2,1H3. The van der Waals surface area contributed by atoms with Crippen molar-refractivity contribution in [3.63, 3.8) is 0 Å². The highest BCUT2D eigenvalue weighted by Crippen LogP contribution is 2.30. The lowest BCUT2D eigenvalue weighted by Gasteiger charge is -2.32. The molecule has 0 saturated carbocycles. The molecule has 0 aliphatic carbocycles. The summed E-state index contributed by atoms with van der Waals surface area (Å²) < 4.78 is 35.9. The number of amides is 1. The van der Waals surface area contributed by atoms with Crippen LogP contribution in [0.2, 0.25) is 0 Å². The van der Waals surface area contributed by atoms with Gasteiger partial charge in [0.2, 0.25) is 5.91 Å². The molecule has 1 rings (SSSR count). The van der Waals surface area contributed by atoms with Gasteiger partial charge in [-0.15, -0.1) is 0 Å². The fraction of sp³-hybridized carbons (Fsp3) is 0.900. The first kappa shape index (κ1) is 14.6. The fourth-order valence-corrected chi connectivity index (χ4v) is 2.45. The monoisotopic (exact) mass is 270 g/mol. The third-order valence-corrected chi connectivity index (χ3v) is 3.44. The van der Waals surface area contributed by atoms with Crippen molar-refractivity contribution in [2.75, 3.05) is 32.4 Å². The van der Waals surface area contributed by atoms with Crippen LogP contribution < -0.4 is 5.32 Å². The van der Waals surface area contributed by atoms with Crippen molar-refractivity contribution in [3.05, 3.63) is 0 Å². The number of rotatable bonds is 4. The molecule has 1 amide bonds. The third-order valence-electron chi connectivity index (χ3n) is 2.72. The quantitative estimate of drug-likeness (QED) is 0.844. The van der Waals surface area contributed by atoms with Crippen LogP contribution in [0.15, 0.2) is 0 Å². The Morgan fingerprint density at radius 1 is 1.53 bits per heavy atom. The van der Waals surface area contributed by atoms with E-state index >= 15 is 0 Å². The first-order chi connectivity index (χ1) is 7.92.